The smallest absolute Gasteiger partial charge is 0.241 e. The van der Waals surface area contributed by atoms with E-state index in [4.69, 9.17) is 5.73 Å². The third kappa shape index (κ3) is 4.13. The number of primary amides is 1. The first-order chi connectivity index (χ1) is 11.8. The van der Waals surface area contributed by atoms with Crippen LogP contribution in [0.25, 0.3) is 6.08 Å². The molecule has 0 fully saturated rings. The van der Waals surface area contributed by atoms with Crippen LogP contribution in [0.15, 0.2) is 12.1 Å². The van der Waals surface area contributed by atoms with Gasteiger partial charge in [-0.3, -0.25) is 4.79 Å². The van der Waals surface area contributed by atoms with Gasteiger partial charge >= 0.3 is 0 Å². The van der Waals surface area contributed by atoms with E-state index in [-0.39, 0.29) is 10.8 Å². The zero-order valence-electron chi connectivity index (χ0n) is 18.0. The minimum Gasteiger partial charge on any atom is -0.507 e. The third-order valence-corrected chi connectivity index (χ3v) is 6.45. The van der Waals surface area contributed by atoms with E-state index < -0.39 is 5.91 Å². The molecule has 1 rings (SSSR count). The van der Waals surface area contributed by atoms with Crippen molar-refractivity contribution in [2.24, 2.45) is 17.6 Å². The highest BCUT2D eigenvalue weighted by atomic mass is 16.3. The molecule has 0 atom stereocenters. The second-order valence-corrected chi connectivity index (χ2v) is 9.06. The van der Waals surface area contributed by atoms with Crippen LogP contribution in [-0.4, -0.2) is 11.0 Å². The Labute approximate surface area is 159 Å². The van der Waals surface area contributed by atoms with Crippen molar-refractivity contribution in [2.45, 2.75) is 79.6 Å². The Kier molecular flexibility index (Phi) is 6.73. The van der Waals surface area contributed by atoms with Gasteiger partial charge in [-0.15, -0.1) is 0 Å². The van der Waals surface area contributed by atoms with Crippen LogP contribution < -0.4 is 5.73 Å². The Morgan fingerprint density at radius 3 is 2.00 bits per heavy atom. The van der Waals surface area contributed by atoms with E-state index >= 15 is 0 Å². The molecule has 0 saturated heterocycles. The highest BCUT2D eigenvalue weighted by Gasteiger charge is 2.36. The van der Waals surface area contributed by atoms with Crippen molar-refractivity contribution >= 4 is 12.0 Å². The minimum atomic E-state index is -0.463. The average Bonchev–Trinajstić information content (AvgIpc) is 2.51. The Hall–Kier alpha value is -1.77. The molecular formula is C23H37NO2. The molecule has 26 heavy (non-hydrogen) atoms. The lowest BCUT2D eigenvalue weighted by Gasteiger charge is -2.38. The minimum absolute atomic E-state index is 0.201. The maximum atomic E-state index is 11.4. The maximum absolute atomic E-state index is 11.4. The van der Waals surface area contributed by atoms with Crippen molar-refractivity contribution in [3.8, 4) is 5.75 Å². The van der Waals surface area contributed by atoms with Crippen molar-refractivity contribution in [1.29, 1.82) is 0 Å². The number of hydrogen-bond acceptors (Lipinski definition) is 2. The number of aromatic hydroxyl groups is 1. The summed E-state index contributed by atoms with van der Waals surface area (Å²) in [5, 5.41) is 11.4. The second kappa shape index (κ2) is 7.85. The van der Waals surface area contributed by atoms with Gasteiger partial charge < -0.3 is 10.8 Å². The molecule has 0 bridgehead atoms. The predicted octanol–water partition coefficient (Wildman–Crippen LogP) is 5.32. The standard InChI is InChI=1S/C23H37NO2/c1-10-17-16(11-12-19(24)25)13-18(22(6,7)14(2)3)21(26)20(17)23(8,9)15(4)5/h11-15,26H,10H2,1-9H3,(H2,24,25). The van der Waals surface area contributed by atoms with Crippen molar-refractivity contribution in [3.63, 3.8) is 0 Å². The molecule has 0 aromatic heterocycles. The van der Waals surface area contributed by atoms with Crippen LogP contribution in [-0.2, 0) is 22.0 Å². The lowest BCUT2D eigenvalue weighted by molar-refractivity contribution is -0.113. The van der Waals surface area contributed by atoms with Crippen LogP contribution in [0, 0.1) is 11.8 Å². The van der Waals surface area contributed by atoms with Crippen molar-refractivity contribution < 1.29 is 9.90 Å². The summed E-state index contributed by atoms with van der Waals surface area (Å²) in [5.74, 6) is 0.637. The zero-order valence-corrected chi connectivity index (χ0v) is 18.0. The fraction of sp³-hybridized carbons (Fsp3) is 0.609. The number of carbonyl (C=O) groups is 1. The summed E-state index contributed by atoms with van der Waals surface area (Å²) >= 11 is 0. The molecule has 146 valence electrons. The van der Waals surface area contributed by atoms with Crippen LogP contribution in [0.3, 0.4) is 0 Å². The first-order valence-corrected chi connectivity index (χ1v) is 9.65. The SMILES string of the molecule is CCc1c(C=CC(N)=O)cc(C(C)(C)C(C)C)c(O)c1C(C)(C)C(C)C. The summed E-state index contributed by atoms with van der Waals surface area (Å²) in [7, 11) is 0. The molecule has 3 heteroatoms. The van der Waals surface area contributed by atoms with Gasteiger partial charge in [0.1, 0.15) is 5.75 Å². The summed E-state index contributed by atoms with van der Waals surface area (Å²) in [5.41, 5.74) is 8.90. The Balaban J connectivity index is 3.98. The Morgan fingerprint density at radius 2 is 1.62 bits per heavy atom. The van der Waals surface area contributed by atoms with Gasteiger partial charge in [-0.25, -0.2) is 0 Å². The van der Waals surface area contributed by atoms with Crippen molar-refractivity contribution in [1.82, 2.24) is 0 Å². The molecule has 1 amide bonds. The molecule has 0 heterocycles. The zero-order chi connectivity index (χ0) is 20.4. The average molecular weight is 360 g/mol. The van der Waals surface area contributed by atoms with Crippen LogP contribution >= 0.6 is 0 Å². The Bertz CT molecular complexity index is 695. The highest BCUT2D eigenvalue weighted by Crippen LogP contribution is 2.47. The van der Waals surface area contributed by atoms with Crippen LogP contribution in [0.5, 0.6) is 5.75 Å². The van der Waals surface area contributed by atoms with Crippen LogP contribution in [0.4, 0.5) is 0 Å². The van der Waals surface area contributed by atoms with Crippen molar-refractivity contribution in [3.05, 3.63) is 34.4 Å². The molecule has 0 aliphatic heterocycles. The fourth-order valence-electron chi connectivity index (χ4n) is 3.22. The van der Waals surface area contributed by atoms with Gasteiger partial charge in [-0.1, -0.05) is 62.3 Å². The predicted molar refractivity (Wildman–Crippen MR) is 111 cm³/mol. The first kappa shape index (κ1) is 22.3. The number of amides is 1. The van der Waals surface area contributed by atoms with E-state index in [2.05, 4.69) is 62.3 Å². The molecule has 0 saturated carbocycles. The van der Waals surface area contributed by atoms with E-state index in [1.165, 1.54) is 6.08 Å². The van der Waals surface area contributed by atoms with Gasteiger partial charge in [-0.05, 0) is 52.4 Å². The number of rotatable bonds is 7. The highest BCUT2D eigenvalue weighted by molar-refractivity contribution is 5.90. The molecule has 0 spiro atoms. The summed E-state index contributed by atoms with van der Waals surface area (Å²) in [6.07, 6.45) is 3.98. The number of phenols is 1. The molecule has 3 N–H and O–H groups in total. The van der Waals surface area contributed by atoms with E-state index in [9.17, 15) is 9.90 Å². The van der Waals surface area contributed by atoms with E-state index in [1.807, 2.05) is 6.07 Å². The van der Waals surface area contributed by atoms with Gasteiger partial charge in [0.15, 0.2) is 0 Å². The monoisotopic (exact) mass is 359 g/mol. The normalized spacial score (nSPS) is 13.2. The second-order valence-electron chi connectivity index (χ2n) is 9.06. The molecule has 1 aromatic carbocycles. The Morgan fingerprint density at radius 1 is 1.12 bits per heavy atom. The van der Waals surface area contributed by atoms with Crippen LogP contribution in [0.2, 0.25) is 0 Å². The molecule has 0 aliphatic rings. The molecule has 0 radical (unpaired) electrons. The fourth-order valence-corrected chi connectivity index (χ4v) is 3.22. The van der Waals surface area contributed by atoms with Gasteiger partial charge in [0, 0.05) is 17.2 Å². The lowest BCUT2D eigenvalue weighted by Crippen LogP contribution is -2.30. The molecule has 1 aromatic rings. The molecule has 3 nitrogen and oxygen atoms in total. The van der Waals surface area contributed by atoms with Gasteiger partial charge in [-0.2, -0.15) is 0 Å². The summed E-state index contributed by atoms with van der Waals surface area (Å²) in [6.45, 7) is 19.5. The topological polar surface area (TPSA) is 63.3 Å². The molecule has 0 unspecified atom stereocenters. The molecule has 0 aliphatic carbocycles. The number of hydrogen-bond donors (Lipinski definition) is 2. The molecular weight excluding hydrogens is 322 g/mol. The number of phenolic OH excluding ortho intramolecular Hbond substituents is 1. The van der Waals surface area contributed by atoms with E-state index in [1.54, 1.807) is 6.08 Å². The largest absolute Gasteiger partial charge is 0.507 e. The quantitative estimate of drug-likeness (QED) is 0.647. The summed E-state index contributed by atoms with van der Waals surface area (Å²) < 4.78 is 0. The number of nitrogens with two attached hydrogens (primary N) is 1. The van der Waals surface area contributed by atoms with Crippen LogP contribution in [0.1, 0.15) is 84.6 Å². The lowest BCUT2D eigenvalue weighted by atomic mass is 9.67. The summed E-state index contributed by atoms with van der Waals surface area (Å²) in [4.78, 5) is 11.3. The first-order valence-electron chi connectivity index (χ1n) is 9.65. The van der Waals surface area contributed by atoms with Crippen molar-refractivity contribution in [2.75, 3.05) is 0 Å². The summed E-state index contributed by atoms with van der Waals surface area (Å²) in [6, 6.07) is 2.04. The van der Waals surface area contributed by atoms with Gasteiger partial charge in [0.25, 0.3) is 0 Å². The van der Waals surface area contributed by atoms with E-state index in [0.29, 0.717) is 17.6 Å². The number of carbonyl (C=O) groups excluding carboxylic acids is 1. The third-order valence-electron chi connectivity index (χ3n) is 6.45. The number of benzene rings is 1. The maximum Gasteiger partial charge on any atom is 0.241 e. The van der Waals surface area contributed by atoms with E-state index in [0.717, 1.165) is 28.7 Å². The van der Waals surface area contributed by atoms with Gasteiger partial charge in [0.2, 0.25) is 5.91 Å². The van der Waals surface area contributed by atoms with Gasteiger partial charge in [0.05, 0.1) is 0 Å².